The molecule has 1 aromatic carbocycles. The second-order valence-corrected chi connectivity index (χ2v) is 6.07. The molecular formula is C19H29N3O5. The number of amides is 1. The number of β-amino-alcohol motifs (C(OH)–C–C–N with tert-alkyl or cyclic N) is 1. The van der Waals surface area contributed by atoms with Crippen molar-refractivity contribution in [1.29, 1.82) is 0 Å². The number of ether oxygens (including phenoxy) is 1. The van der Waals surface area contributed by atoms with E-state index in [0.717, 1.165) is 36.7 Å². The van der Waals surface area contributed by atoms with Gasteiger partial charge in [-0.25, -0.2) is 4.79 Å². The highest BCUT2D eigenvalue weighted by molar-refractivity contribution is 5.64. The summed E-state index contributed by atoms with van der Waals surface area (Å²) in [5, 5.41) is 25.9. The minimum Gasteiger partial charge on any atom is -0.497 e. The molecule has 0 aliphatic carbocycles. The number of carboxylic acid groups (broad SMARTS) is 1. The van der Waals surface area contributed by atoms with Gasteiger partial charge in [0.05, 0.1) is 18.9 Å². The molecule has 1 saturated heterocycles. The van der Waals surface area contributed by atoms with Crippen molar-refractivity contribution in [3.8, 4) is 5.75 Å². The zero-order valence-corrected chi connectivity index (χ0v) is 16.1. The Morgan fingerprint density at radius 3 is 2.48 bits per heavy atom. The van der Waals surface area contributed by atoms with E-state index in [1.165, 1.54) is 5.56 Å². The van der Waals surface area contributed by atoms with Crippen LogP contribution in [-0.2, 0) is 6.42 Å². The van der Waals surface area contributed by atoms with Crippen LogP contribution >= 0.6 is 0 Å². The topological polar surface area (TPSA) is 117 Å². The lowest BCUT2D eigenvalue weighted by Gasteiger charge is -1.97. The molecule has 2 heterocycles. The second-order valence-electron chi connectivity index (χ2n) is 6.07. The van der Waals surface area contributed by atoms with Gasteiger partial charge in [-0.3, -0.25) is 0 Å². The van der Waals surface area contributed by atoms with Crippen LogP contribution in [-0.4, -0.2) is 54.3 Å². The van der Waals surface area contributed by atoms with Crippen LogP contribution in [0.5, 0.6) is 5.75 Å². The number of aliphatic hydroxyl groups is 1. The van der Waals surface area contributed by atoms with Gasteiger partial charge >= 0.3 is 6.09 Å². The van der Waals surface area contributed by atoms with E-state index in [-0.39, 0.29) is 6.10 Å². The normalized spacial score (nSPS) is 15.0. The van der Waals surface area contributed by atoms with Crippen molar-refractivity contribution in [2.75, 3.05) is 26.7 Å². The van der Waals surface area contributed by atoms with E-state index in [4.69, 9.17) is 19.5 Å². The number of methoxy groups -OCH3 is 1. The number of hydrogen-bond donors (Lipinski definition) is 4. The summed E-state index contributed by atoms with van der Waals surface area (Å²) in [4.78, 5) is 10.0. The maximum atomic E-state index is 10.0. The first-order valence-electron chi connectivity index (χ1n) is 8.79. The molecule has 8 nitrogen and oxygen atoms in total. The zero-order valence-electron chi connectivity index (χ0n) is 16.1. The molecule has 1 aromatic heterocycles. The predicted octanol–water partition coefficient (Wildman–Crippen LogP) is 2.14. The third-order valence-corrected chi connectivity index (χ3v) is 3.63. The quantitative estimate of drug-likeness (QED) is 0.643. The summed E-state index contributed by atoms with van der Waals surface area (Å²) in [6.45, 7) is 5.99. The maximum Gasteiger partial charge on any atom is 0.404 e. The minimum atomic E-state index is -1.02. The molecule has 1 unspecified atom stereocenters. The number of rotatable bonds is 4. The van der Waals surface area contributed by atoms with Gasteiger partial charge in [-0.2, -0.15) is 0 Å². The molecule has 1 atom stereocenters. The SMILES string of the molecule is COc1ccc(C)cc1.Cc1cc(CCNC(=O)O)no1.OC1CCNC1. The third kappa shape index (κ3) is 10.9. The van der Waals surface area contributed by atoms with Gasteiger partial charge in [0.1, 0.15) is 11.5 Å². The Kier molecular flexibility index (Phi) is 10.6. The summed E-state index contributed by atoms with van der Waals surface area (Å²) in [7, 11) is 1.67. The first kappa shape index (κ1) is 22.5. The highest BCUT2D eigenvalue weighted by Gasteiger charge is 2.08. The molecule has 0 spiro atoms. The summed E-state index contributed by atoms with van der Waals surface area (Å²) in [6, 6.07) is 9.74. The first-order valence-corrected chi connectivity index (χ1v) is 8.79. The van der Waals surface area contributed by atoms with Crippen molar-refractivity contribution in [3.63, 3.8) is 0 Å². The fourth-order valence-corrected chi connectivity index (χ4v) is 2.15. The Balaban J connectivity index is 0.000000214. The van der Waals surface area contributed by atoms with Crippen molar-refractivity contribution >= 4 is 6.09 Å². The smallest absolute Gasteiger partial charge is 0.404 e. The van der Waals surface area contributed by atoms with Crippen LogP contribution < -0.4 is 15.4 Å². The Morgan fingerprint density at radius 2 is 2.07 bits per heavy atom. The third-order valence-electron chi connectivity index (χ3n) is 3.63. The molecule has 3 rings (SSSR count). The number of nitrogens with zero attached hydrogens (tertiary/aromatic N) is 1. The monoisotopic (exact) mass is 379 g/mol. The van der Waals surface area contributed by atoms with Gasteiger partial charge in [0.2, 0.25) is 0 Å². The van der Waals surface area contributed by atoms with Gasteiger partial charge in [-0.05, 0) is 38.9 Å². The molecule has 150 valence electrons. The van der Waals surface area contributed by atoms with Crippen molar-refractivity contribution in [1.82, 2.24) is 15.8 Å². The maximum absolute atomic E-state index is 10.0. The van der Waals surface area contributed by atoms with Crippen LogP contribution in [0.15, 0.2) is 34.9 Å². The van der Waals surface area contributed by atoms with E-state index in [1.54, 1.807) is 20.1 Å². The fourth-order valence-electron chi connectivity index (χ4n) is 2.15. The van der Waals surface area contributed by atoms with E-state index in [2.05, 4.69) is 22.7 Å². The lowest BCUT2D eigenvalue weighted by Crippen LogP contribution is -2.23. The summed E-state index contributed by atoms with van der Waals surface area (Å²) in [6.07, 6.45) is 0.407. The molecule has 27 heavy (non-hydrogen) atoms. The molecule has 0 saturated carbocycles. The number of benzene rings is 1. The number of aliphatic hydroxyl groups excluding tert-OH is 1. The molecule has 4 N–H and O–H groups in total. The number of carbonyl (C=O) groups is 1. The fraction of sp³-hybridized carbons (Fsp3) is 0.474. The van der Waals surface area contributed by atoms with Crippen LogP contribution in [0.2, 0.25) is 0 Å². The standard InChI is InChI=1S/C8H10O.C7H10N2O3.C4H9NO/c1-7-3-5-8(9-2)6-4-7;1-5-4-6(9-12-5)2-3-8-7(10)11;6-4-1-2-5-3-4/h3-6H,1-2H3;4,8H,2-3H2,1H3,(H,10,11);4-6H,1-3H2. The van der Waals surface area contributed by atoms with Gasteiger partial charge < -0.3 is 30.1 Å². The number of nitrogens with one attached hydrogen (secondary N) is 2. The summed E-state index contributed by atoms with van der Waals surface area (Å²) >= 11 is 0. The highest BCUT2D eigenvalue weighted by Crippen LogP contribution is 2.09. The van der Waals surface area contributed by atoms with Crippen LogP contribution in [0.25, 0.3) is 0 Å². The van der Waals surface area contributed by atoms with E-state index in [0.29, 0.717) is 13.0 Å². The zero-order chi connectivity index (χ0) is 20.1. The molecule has 0 bridgehead atoms. The molecule has 1 amide bonds. The molecule has 1 fully saturated rings. The molecule has 1 aliphatic heterocycles. The van der Waals surface area contributed by atoms with Gasteiger partial charge in [0.25, 0.3) is 0 Å². The second kappa shape index (κ2) is 12.7. The molecular weight excluding hydrogens is 350 g/mol. The molecule has 8 heteroatoms. The van der Waals surface area contributed by atoms with Crippen molar-refractivity contribution in [2.24, 2.45) is 0 Å². The van der Waals surface area contributed by atoms with Crippen LogP contribution in [0, 0.1) is 13.8 Å². The van der Waals surface area contributed by atoms with Crippen molar-refractivity contribution < 1.29 is 24.3 Å². The van der Waals surface area contributed by atoms with Gasteiger partial charge in [-0.1, -0.05) is 22.9 Å². The average Bonchev–Trinajstić information content (AvgIpc) is 3.28. The van der Waals surface area contributed by atoms with E-state index in [9.17, 15) is 4.79 Å². The van der Waals surface area contributed by atoms with Gasteiger partial charge in [0, 0.05) is 25.6 Å². The Hall–Kier alpha value is -2.58. The summed E-state index contributed by atoms with van der Waals surface area (Å²) < 4.78 is 9.77. The Bertz CT molecular complexity index is 652. The number of aryl methyl sites for hydroxylation is 2. The molecule has 2 aromatic rings. The molecule has 1 aliphatic rings. The number of aromatic nitrogens is 1. The summed E-state index contributed by atoms with van der Waals surface area (Å²) in [5.41, 5.74) is 2.03. The summed E-state index contributed by atoms with van der Waals surface area (Å²) in [5.74, 6) is 1.65. The largest absolute Gasteiger partial charge is 0.497 e. The van der Waals surface area contributed by atoms with Crippen LogP contribution in [0.4, 0.5) is 4.79 Å². The van der Waals surface area contributed by atoms with Gasteiger partial charge in [-0.15, -0.1) is 0 Å². The van der Waals surface area contributed by atoms with E-state index in [1.807, 2.05) is 24.3 Å². The number of hydrogen-bond acceptors (Lipinski definition) is 6. The Morgan fingerprint density at radius 1 is 1.37 bits per heavy atom. The highest BCUT2D eigenvalue weighted by atomic mass is 16.5. The predicted molar refractivity (Wildman–Crippen MR) is 102 cm³/mol. The molecule has 0 radical (unpaired) electrons. The lowest BCUT2D eigenvalue weighted by atomic mass is 10.2. The van der Waals surface area contributed by atoms with Crippen LogP contribution in [0.3, 0.4) is 0 Å². The van der Waals surface area contributed by atoms with Gasteiger partial charge in [0.15, 0.2) is 0 Å². The van der Waals surface area contributed by atoms with Crippen molar-refractivity contribution in [2.45, 2.75) is 32.8 Å². The first-order chi connectivity index (χ1) is 12.9. The average molecular weight is 379 g/mol. The van der Waals surface area contributed by atoms with E-state index >= 15 is 0 Å². The lowest BCUT2D eigenvalue weighted by molar-refractivity contribution is 0.194. The Labute approximate surface area is 159 Å². The minimum absolute atomic E-state index is 0.0648. The van der Waals surface area contributed by atoms with Crippen LogP contribution in [0.1, 0.15) is 23.4 Å². The van der Waals surface area contributed by atoms with Crippen molar-refractivity contribution in [3.05, 3.63) is 47.3 Å². The van der Waals surface area contributed by atoms with E-state index < -0.39 is 6.09 Å².